The molecular formula is C20H20F5N3O. The first-order valence-electron chi connectivity index (χ1n) is 9.58. The fourth-order valence-corrected chi connectivity index (χ4v) is 4.38. The van der Waals surface area contributed by atoms with Gasteiger partial charge in [0.25, 0.3) is 5.91 Å². The first-order chi connectivity index (χ1) is 13.8. The number of hydrogen-bond donors (Lipinski definition) is 1. The predicted molar refractivity (Wildman–Crippen MR) is 96.7 cm³/mol. The topological polar surface area (TPSA) is 44.7 Å². The van der Waals surface area contributed by atoms with E-state index in [9.17, 15) is 26.7 Å². The van der Waals surface area contributed by atoms with Crippen molar-refractivity contribution in [2.45, 2.75) is 31.4 Å². The van der Waals surface area contributed by atoms with Crippen molar-refractivity contribution in [3.8, 4) is 0 Å². The Labute approximate surface area is 164 Å². The van der Waals surface area contributed by atoms with E-state index in [2.05, 4.69) is 10.3 Å². The Balaban J connectivity index is 1.49. The smallest absolute Gasteiger partial charge is 0.337 e. The normalized spacial score (nSPS) is 20.7. The van der Waals surface area contributed by atoms with E-state index in [4.69, 9.17) is 0 Å². The first kappa shape index (κ1) is 20.0. The lowest BCUT2D eigenvalue weighted by molar-refractivity contribution is -0.141. The number of likely N-dealkylation sites (tertiary alicyclic amines) is 1. The van der Waals surface area contributed by atoms with Gasteiger partial charge < -0.3 is 10.2 Å². The highest BCUT2D eigenvalue weighted by molar-refractivity contribution is 6.46. The van der Waals surface area contributed by atoms with Crippen LogP contribution in [0.25, 0.3) is 0 Å². The molecule has 29 heavy (non-hydrogen) atoms. The number of alkyl halides is 3. The number of nitrogens with zero attached hydrogens (tertiary/aromatic N) is 2. The van der Waals surface area contributed by atoms with Crippen molar-refractivity contribution >= 4 is 11.6 Å². The van der Waals surface area contributed by atoms with E-state index < -0.39 is 29.3 Å². The molecule has 0 aromatic heterocycles. The number of aliphatic imine (C=N–C) groups is 1. The molecule has 1 amide bonds. The van der Waals surface area contributed by atoms with Crippen molar-refractivity contribution < 1.29 is 26.7 Å². The van der Waals surface area contributed by atoms with E-state index in [1.54, 1.807) is 4.90 Å². The van der Waals surface area contributed by atoms with Crippen LogP contribution in [0.2, 0.25) is 0 Å². The summed E-state index contributed by atoms with van der Waals surface area (Å²) in [4.78, 5) is 18.8. The lowest BCUT2D eigenvalue weighted by Crippen LogP contribution is -2.42. The molecule has 156 valence electrons. The standard InChI is InChI=1S/C20H20F5N3O/c21-15-2-1-13(16(17(15)22)20(23,24)25)11-4-7-28(8-5-11)19(29)18-14-3-6-26-9-12(14)10-27-18/h1-2,11,26H,3-10H2. The van der Waals surface area contributed by atoms with Crippen LogP contribution in [-0.2, 0) is 11.0 Å². The van der Waals surface area contributed by atoms with Gasteiger partial charge in [-0.05, 0) is 54.5 Å². The van der Waals surface area contributed by atoms with Gasteiger partial charge in [0, 0.05) is 19.6 Å². The van der Waals surface area contributed by atoms with E-state index >= 15 is 0 Å². The molecule has 1 aromatic carbocycles. The second kappa shape index (κ2) is 7.51. The van der Waals surface area contributed by atoms with Crippen LogP contribution in [0.5, 0.6) is 0 Å². The Kier molecular flexibility index (Phi) is 5.18. The van der Waals surface area contributed by atoms with Crippen LogP contribution in [0.3, 0.4) is 0 Å². The van der Waals surface area contributed by atoms with E-state index in [0.29, 0.717) is 18.8 Å². The maximum Gasteiger partial charge on any atom is 0.419 e. The molecule has 0 spiro atoms. The van der Waals surface area contributed by atoms with Crippen LogP contribution in [0.4, 0.5) is 22.0 Å². The summed E-state index contributed by atoms with van der Waals surface area (Å²) in [7, 11) is 0. The summed E-state index contributed by atoms with van der Waals surface area (Å²) in [5.41, 5.74) is 0.780. The number of piperidine rings is 1. The van der Waals surface area contributed by atoms with Gasteiger partial charge in [0.1, 0.15) is 5.71 Å². The monoisotopic (exact) mass is 413 g/mol. The maximum atomic E-state index is 13.9. The van der Waals surface area contributed by atoms with Crippen molar-refractivity contribution in [3.05, 3.63) is 46.0 Å². The molecule has 0 bridgehead atoms. The third-order valence-electron chi connectivity index (χ3n) is 5.87. The number of amides is 1. The number of nitrogens with one attached hydrogen (secondary N) is 1. The third kappa shape index (κ3) is 3.68. The van der Waals surface area contributed by atoms with Gasteiger partial charge in [0.15, 0.2) is 11.6 Å². The minimum Gasteiger partial charge on any atom is -0.337 e. The molecule has 3 aliphatic heterocycles. The van der Waals surface area contributed by atoms with Crippen LogP contribution in [0, 0.1) is 11.6 Å². The van der Waals surface area contributed by atoms with Crippen LogP contribution in [-0.4, -0.2) is 49.2 Å². The number of halogens is 5. The number of carbonyl (C=O) groups is 1. The first-order valence-corrected chi connectivity index (χ1v) is 9.58. The van der Waals surface area contributed by atoms with E-state index in [0.717, 1.165) is 36.2 Å². The van der Waals surface area contributed by atoms with Crippen LogP contribution in [0.1, 0.15) is 36.3 Å². The second-order valence-corrected chi connectivity index (χ2v) is 7.56. The molecular weight excluding hydrogens is 393 g/mol. The van der Waals surface area contributed by atoms with Gasteiger partial charge >= 0.3 is 6.18 Å². The Morgan fingerprint density at radius 2 is 1.90 bits per heavy atom. The number of carbonyl (C=O) groups excluding carboxylic acids is 1. The molecule has 4 rings (SSSR count). The summed E-state index contributed by atoms with van der Waals surface area (Å²) >= 11 is 0. The largest absolute Gasteiger partial charge is 0.419 e. The average Bonchev–Trinajstić information content (AvgIpc) is 3.13. The number of rotatable bonds is 2. The average molecular weight is 413 g/mol. The summed E-state index contributed by atoms with van der Waals surface area (Å²) < 4.78 is 67.2. The van der Waals surface area contributed by atoms with Gasteiger partial charge in [0.2, 0.25) is 0 Å². The minimum atomic E-state index is -4.98. The van der Waals surface area contributed by atoms with Gasteiger partial charge in [-0.1, -0.05) is 6.07 Å². The fourth-order valence-electron chi connectivity index (χ4n) is 4.38. The zero-order valence-electron chi connectivity index (χ0n) is 15.6. The van der Waals surface area contributed by atoms with E-state index in [-0.39, 0.29) is 37.4 Å². The van der Waals surface area contributed by atoms with Gasteiger partial charge in [-0.25, -0.2) is 8.78 Å². The molecule has 1 aromatic rings. The van der Waals surface area contributed by atoms with Crippen molar-refractivity contribution in [1.29, 1.82) is 0 Å². The molecule has 1 N–H and O–H groups in total. The van der Waals surface area contributed by atoms with Crippen LogP contribution < -0.4 is 5.32 Å². The quantitative estimate of drug-likeness (QED) is 0.756. The summed E-state index contributed by atoms with van der Waals surface area (Å²) in [6, 6.07) is 1.74. The third-order valence-corrected chi connectivity index (χ3v) is 5.87. The highest BCUT2D eigenvalue weighted by Crippen LogP contribution is 2.41. The molecule has 0 atom stereocenters. The molecule has 0 unspecified atom stereocenters. The highest BCUT2D eigenvalue weighted by atomic mass is 19.4. The summed E-state index contributed by atoms with van der Waals surface area (Å²) in [6.07, 6.45) is -3.74. The SMILES string of the molecule is O=C(C1=NCC2=C1CCNC2)N1CCC(c2ccc(F)c(F)c2C(F)(F)F)CC1. The fraction of sp³-hybridized carbons (Fsp3) is 0.500. The Morgan fingerprint density at radius 1 is 1.17 bits per heavy atom. The summed E-state index contributed by atoms with van der Waals surface area (Å²) in [5.74, 6) is -4.17. The molecule has 3 aliphatic rings. The van der Waals surface area contributed by atoms with Crippen molar-refractivity contribution in [2.75, 3.05) is 32.7 Å². The zero-order valence-corrected chi connectivity index (χ0v) is 15.6. The van der Waals surface area contributed by atoms with E-state index in [1.165, 1.54) is 0 Å². The minimum absolute atomic E-state index is 0.198. The molecule has 0 aliphatic carbocycles. The molecule has 3 heterocycles. The second-order valence-electron chi connectivity index (χ2n) is 7.56. The van der Waals surface area contributed by atoms with Gasteiger partial charge in [-0.2, -0.15) is 13.2 Å². The van der Waals surface area contributed by atoms with Crippen molar-refractivity contribution in [2.24, 2.45) is 4.99 Å². The molecule has 0 saturated carbocycles. The van der Waals surface area contributed by atoms with Gasteiger partial charge in [0.05, 0.1) is 12.1 Å². The number of benzene rings is 1. The Bertz CT molecular complexity index is 898. The van der Waals surface area contributed by atoms with E-state index in [1.807, 2.05) is 0 Å². The van der Waals surface area contributed by atoms with Gasteiger partial charge in [-0.3, -0.25) is 9.79 Å². The molecule has 1 saturated heterocycles. The lowest BCUT2D eigenvalue weighted by atomic mass is 9.85. The van der Waals surface area contributed by atoms with Crippen molar-refractivity contribution in [1.82, 2.24) is 10.2 Å². The Morgan fingerprint density at radius 3 is 2.59 bits per heavy atom. The molecule has 4 nitrogen and oxygen atoms in total. The number of hydrogen-bond acceptors (Lipinski definition) is 3. The predicted octanol–water partition coefficient (Wildman–Crippen LogP) is 3.43. The van der Waals surface area contributed by atoms with Crippen LogP contribution in [0.15, 0.2) is 28.3 Å². The molecule has 1 fully saturated rings. The molecule has 9 heteroatoms. The Hall–Kier alpha value is -2.29. The van der Waals surface area contributed by atoms with Crippen LogP contribution >= 0.6 is 0 Å². The zero-order chi connectivity index (χ0) is 20.8. The molecule has 0 radical (unpaired) electrons. The highest BCUT2D eigenvalue weighted by Gasteiger charge is 2.41. The lowest BCUT2D eigenvalue weighted by Gasteiger charge is -2.33. The van der Waals surface area contributed by atoms with Crippen molar-refractivity contribution in [3.63, 3.8) is 0 Å². The van der Waals surface area contributed by atoms with Gasteiger partial charge in [-0.15, -0.1) is 0 Å². The maximum absolute atomic E-state index is 13.9. The summed E-state index contributed by atoms with van der Waals surface area (Å²) in [5, 5.41) is 3.24. The summed E-state index contributed by atoms with van der Waals surface area (Å²) in [6.45, 7) is 2.50.